The van der Waals surface area contributed by atoms with Gasteiger partial charge in [-0.1, -0.05) is 56.3 Å². The maximum Gasteiger partial charge on any atom is 0.337 e. The van der Waals surface area contributed by atoms with E-state index < -0.39 is 11.8 Å². The quantitative estimate of drug-likeness (QED) is 0.152. The Kier molecular flexibility index (Phi) is 9.60. The molecule has 224 valence electrons. The fourth-order valence-corrected chi connectivity index (χ4v) is 5.61. The number of hydrogen-bond acceptors (Lipinski definition) is 5. The fourth-order valence-electron chi connectivity index (χ4n) is 5.35. The van der Waals surface area contributed by atoms with E-state index in [9.17, 15) is 19.5 Å². The number of amides is 2. The van der Waals surface area contributed by atoms with Crippen LogP contribution in [0.3, 0.4) is 0 Å². The fraction of sp³-hybridized carbons (Fsp3) is 0.281. The molecule has 2 heterocycles. The average molecular weight is 606 g/mol. The minimum absolute atomic E-state index is 0.0330. The zero-order valence-electron chi connectivity index (χ0n) is 24.4. The number of rotatable bonds is 8. The molecule has 1 aliphatic heterocycles. The van der Waals surface area contributed by atoms with Crippen LogP contribution in [0.15, 0.2) is 66.2 Å². The number of carbonyl (C=O) groups excluding carboxylic acids is 2. The second kappa shape index (κ2) is 13.2. The van der Waals surface area contributed by atoms with Crippen molar-refractivity contribution in [2.45, 2.75) is 32.7 Å². The molecule has 0 aliphatic carbocycles. The highest BCUT2D eigenvalue weighted by Crippen LogP contribution is 2.40. The summed E-state index contributed by atoms with van der Waals surface area (Å²) in [6.45, 7) is 10.5. The van der Waals surface area contributed by atoms with Crippen molar-refractivity contribution >= 4 is 47.2 Å². The molecule has 4 rings (SSSR count). The molecule has 1 atom stereocenters. The molecule has 3 aromatic rings. The third kappa shape index (κ3) is 6.15. The highest BCUT2D eigenvalue weighted by Gasteiger charge is 2.33. The minimum atomic E-state index is -1.23. The number of anilines is 2. The van der Waals surface area contributed by atoms with E-state index in [1.807, 2.05) is 25.7 Å². The number of aromatic carboxylic acids is 1. The molecule has 2 amide bonds. The third-order valence-corrected chi connectivity index (χ3v) is 7.71. The van der Waals surface area contributed by atoms with Crippen molar-refractivity contribution in [3.05, 3.63) is 88.7 Å². The van der Waals surface area contributed by atoms with Gasteiger partial charge in [0.15, 0.2) is 5.82 Å². The Hall–Kier alpha value is -4.57. The van der Waals surface area contributed by atoms with E-state index in [-0.39, 0.29) is 51.2 Å². The van der Waals surface area contributed by atoms with E-state index in [0.717, 1.165) is 0 Å². The van der Waals surface area contributed by atoms with Gasteiger partial charge in [0, 0.05) is 38.3 Å². The number of para-hydroxylation sites is 1. The predicted octanol–water partition coefficient (Wildman–Crippen LogP) is 5.75. The number of aromatic nitrogens is 1. The van der Waals surface area contributed by atoms with Crippen LogP contribution in [0.1, 0.15) is 48.2 Å². The van der Waals surface area contributed by atoms with Crippen LogP contribution in [0.25, 0.3) is 11.3 Å². The number of benzene rings is 2. The summed E-state index contributed by atoms with van der Waals surface area (Å²) < 4.78 is 15.0. The van der Waals surface area contributed by atoms with Gasteiger partial charge in [0.05, 0.1) is 27.5 Å². The number of pyridine rings is 1. The Morgan fingerprint density at radius 3 is 2.49 bits per heavy atom. The monoisotopic (exact) mass is 605 g/mol. The Morgan fingerprint density at radius 2 is 1.91 bits per heavy atom. The molecular formula is C32H33ClFN5O4. The van der Waals surface area contributed by atoms with Gasteiger partial charge in [-0.25, -0.2) is 14.2 Å². The lowest BCUT2D eigenvalue weighted by Crippen LogP contribution is -2.55. The first-order valence-corrected chi connectivity index (χ1v) is 14.1. The summed E-state index contributed by atoms with van der Waals surface area (Å²) in [7, 11) is 1.59. The number of piperazine rings is 1. The zero-order valence-corrected chi connectivity index (χ0v) is 25.2. The second-order valence-electron chi connectivity index (χ2n) is 10.4. The molecule has 1 unspecified atom stereocenters. The van der Waals surface area contributed by atoms with Gasteiger partial charge in [-0.05, 0) is 48.7 Å². The zero-order chi connectivity index (χ0) is 31.4. The highest BCUT2D eigenvalue weighted by atomic mass is 35.5. The molecule has 1 fully saturated rings. The van der Waals surface area contributed by atoms with E-state index in [4.69, 9.17) is 16.6 Å². The molecule has 1 saturated heterocycles. The Balaban J connectivity index is 2.00. The van der Waals surface area contributed by atoms with Gasteiger partial charge in [-0.2, -0.15) is 0 Å². The molecular weight excluding hydrogens is 573 g/mol. The lowest BCUT2D eigenvalue weighted by Gasteiger charge is -2.41. The van der Waals surface area contributed by atoms with E-state index in [1.54, 1.807) is 36.2 Å². The maximum atomic E-state index is 15.0. The van der Waals surface area contributed by atoms with Crippen LogP contribution < -0.4 is 4.90 Å². The van der Waals surface area contributed by atoms with E-state index >= 15 is 4.39 Å². The second-order valence-corrected chi connectivity index (χ2v) is 10.8. The van der Waals surface area contributed by atoms with Crippen LogP contribution in [0.2, 0.25) is 5.02 Å². The summed E-state index contributed by atoms with van der Waals surface area (Å²) in [6.07, 6.45) is 1.77. The Labute approximate surface area is 254 Å². The van der Waals surface area contributed by atoms with Gasteiger partial charge >= 0.3 is 5.97 Å². The van der Waals surface area contributed by atoms with Crippen LogP contribution in [0.5, 0.6) is 0 Å². The van der Waals surface area contributed by atoms with Gasteiger partial charge < -0.3 is 14.9 Å². The Bertz CT molecular complexity index is 1610. The maximum absolute atomic E-state index is 15.0. The van der Waals surface area contributed by atoms with E-state index in [2.05, 4.69) is 11.6 Å². The first kappa shape index (κ1) is 31.4. The number of hydrogen-bond donors (Lipinski definition) is 1. The summed E-state index contributed by atoms with van der Waals surface area (Å²) in [5.41, 5.74) is 1.16. The molecule has 0 saturated carbocycles. The summed E-state index contributed by atoms with van der Waals surface area (Å²) in [4.78, 5) is 51.8. The normalized spacial score (nSPS) is 15.4. The van der Waals surface area contributed by atoms with Crippen molar-refractivity contribution in [3.8, 4) is 11.3 Å². The highest BCUT2D eigenvalue weighted by molar-refractivity contribution is 6.33. The predicted molar refractivity (Wildman–Crippen MR) is 166 cm³/mol. The summed E-state index contributed by atoms with van der Waals surface area (Å²) >= 11 is 6.76. The van der Waals surface area contributed by atoms with Gasteiger partial charge in [-0.3, -0.25) is 19.5 Å². The number of nitrogens with zero attached hydrogens (tertiary/aromatic N) is 5. The number of amidine groups is 1. The number of carbonyl (C=O) groups is 3. The SMILES string of the molecule is C=CC(=O)N1CCN(C(=NC)c2cc(Cl)c(-c3ccccc3F)nc2N(C=O)c2c(C(=O)O)cccc2C(C)C)C(C)C1. The molecule has 11 heteroatoms. The average Bonchev–Trinajstić information content (AvgIpc) is 2.99. The summed E-state index contributed by atoms with van der Waals surface area (Å²) in [5, 5.41) is 10.2. The topological polar surface area (TPSA) is 106 Å². The third-order valence-electron chi connectivity index (χ3n) is 7.42. The lowest BCUT2D eigenvalue weighted by molar-refractivity contribution is -0.128. The van der Waals surface area contributed by atoms with Gasteiger partial charge in [-0.15, -0.1) is 0 Å². The minimum Gasteiger partial charge on any atom is -0.478 e. The Morgan fingerprint density at radius 1 is 1.19 bits per heavy atom. The molecule has 2 aromatic carbocycles. The molecule has 43 heavy (non-hydrogen) atoms. The van der Waals surface area contributed by atoms with Gasteiger partial charge in [0.2, 0.25) is 12.3 Å². The number of carboxylic acid groups (broad SMARTS) is 1. The molecule has 0 bridgehead atoms. The van der Waals surface area contributed by atoms with Crippen molar-refractivity contribution in [3.63, 3.8) is 0 Å². The molecule has 0 radical (unpaired) electrons. The van der Waals surface area contributed by atoms with Crippen LogP contribution in [0.4, 0.5) is 15.9 Å². The van der Waals surface area contributed by atoms with Crippen LogP contribution in [-0.2, 0) is 9.59 Å². The van der Waals surface area contributed by atoms with Crippen molar-refractivity contribution in [1.29, 1.82) is 0 Å². The molecule has 0 spiro atoms. The van der Waals surface area contributed by atoms with Crippen molar-refractivity contribution in [2.24, 2.45) is 4.99 Å². The number of aliphatic imine (C=N–C) groups is 1. The lowest BCUT2D eigenvalue weighted by atomic mass is 9.96. The summed E-state index contributed by atoms with van der Waals surface area (Å²) in [6, 6.07) is 12.1. The first-order valence-electron chi connectivity index (χ1n) is 13.7. The first-order chi connectivity index (χ1) is 20.5. The molecule has 1 N–H and O–H groups in total. The smallest absolute Gasteiger partial charge is 0.337 e. The van der Waals surface area contributed by atoms with Gasteiger partial charge in [0.25, 0.3) is 0 Å². The van der Waals surface area contributed by atoms with Gasteiger partial charge in [0.1, 0.15) is 11.7 Å². The van der Waals surface area contributed by atoms with Crippen LogP contribution >= 0.6 is 11.6 Å². The van der Waals surface area contributed by atoms with Crippen molar-refractivity contribution < 1.29 is 23.9 Å². The number of carboxylic acids is 1. The summed E-state index contributed by atoms with van der Waals surface area (Å²) in [5.74, 6) is -1.68. The van der Waals surface area contributed by atoms with Crippen molar-refractivity contribution in [1.82, 2.24) is 14.8 Å². The van der Waals surface area contributed by atoms with Crippen molar-refractivity contribution in [2.75, 3.05) is 31.6 Å². The van der Waals surface area contributed by atoms with E-state index in [0.29, 0.717) is 43.0 Å². The molecule has 9 nitrogen and oxygen atoms in total. The standard InChI is InChI=1S/C32H33ClFN5O4/c1-6-27(41)37-14-15-38(20(4)17-37)30(35-5)24-16-25(33)28(22-10-7-8-13-26(22)34)36-31(24)39(18-40)29-21(19(2)3)11-9-12-23(29)32(42)43/h6-13,16,18-20H,1,14-15,17H2,2-5H3,(H,42,43). The number of halogens is 2. The van der Waals surface area contributed by atoms with E-state index in [1.165, 1.54) is 35.2 Å². The van der Waals surface area contributed by atoms with Crippen LogP contribution in [0, 0.1) is 5.82 Å². The van der Waals surface area contributed by atoms with Crippen LogP contribution in [-0.4, -0.2) is 76.7 Å². The molecule has 1 aliphatic rings. The molecule has 1 aromatic heterocycles. The largest absolute Gasteiger partial charge is 0.478 e.